The van der Waals surface area contributed by atoms with Crippen LogP contribution in [0.25, 0.3) is 0 Å². The Bertz CT molecular complexity index is 346. The van der Waals surface area contributed by atoms with Gasteiger partial charge in [-0.25, -0.2) is 0 Å². The molecule has 1 N–H and O–H groups in total. The zero-order valence-electron chi connectivity index (χ0n) is 11.1. The van der Waals surface area contributed by atoms with Gasteiger partial charge in [0.1, 0.15) is 0 Å². The van der Waals surface area contributed by atoms with E-state index in [0.29, 0.717) is 6.54 Å². The Morgan fingerprint density at radius 3 is 2.29 bits per heavy atom. The molecule has 0 aliphatic rings. The van der Waals surface area contributed by atoms with Crippen LogP contribution in [0.5, 0.6) is 0 Å². The van der Waals surface area contributed by atoms with Crippen LogP contribution in [0.1, 0.15) is 26.3 Å². The van der Waals surface area contributed by atoms with E-state index in [9.17, 15) is 5.11 Å². The normalized spacial score (nSPS) is 15.3. The maximum Gasteiger partial charge on any atom is 0.0768 e. The molecule has 0 aromatic heterocycles. The number of hydrogen-bond donors (Lipinski definition) is 1. The molecule has 1 unspecified atom stereocenters. The molecule has 3 heteroatoms. The maximum atomic E-state index is 10.2. The molecule has 0 spiro atoms. The summed E-state index contributed by atoms with van der Waals surface area (Å²) in [6.07, 6.45) is 0. The third-order valence-corrected chi connectivity index (χ3v) is 3.45. The van der Waals surface area contributed by atoms with Crippen LogP contribution in [0, 0.1) is 5.92 Å². The molecule has 1 rings (SSSR count). The first kappa shape index (κ1) is 14.5. The molecular formula is C14H22ClNO. The van der Waals surface area contributed by atoms with Gasteiger partial charge in [0.2, 0.25) is 0 Å². The first-order chi connectivity index (χ1) is 7.81. The van der Waals surface area contributed by atoms with Gasteiger partial charge in [-0.3, -0.25) is 4.90 Å². The minimum absolute atomic E-state index is 0.246. The molecule has 0 amide bonds. The molecule has 0 heterocycles. The van der Waals surface area contributed by atoms with Gasteiger partial charge in [0, 0.05) is 18.1 Å². The highest BCUT2D eigenvalue weighted by Crippen LogP contribution is 2.18. The fourth-order valence-electron chi connectivity index (χ4n) is 1.69. The minimum atomic E-state index is -0.652. The average Bonchev–Trinajstić information content (AvgIpc) is 2.20. The van der Waals surface area contributed by atoms with Crippen molar-refractivity contribution < 1.29 is 5.11 Å². The highest BCUT2D eigenvalue weighted by molar-refractivity contribution is 6.30. The zero-order valence-corrected chi connectivity index (χ0v) is 11.8. The Hall–Kier alpha value is -0.570. The zero-order chi connectivity index (χ0) is 13.1. The fraction of sp³-hybridized carbons (Fsp3) is 0.571. The van der Waals surface area contributed by atoms with Crippen molar-refractivity contribution in [1.82, 2.24) is 4.90 Å². The van der Waals surface area contributed by atoms with Gasteiger partial charge in [0.05, 0.1) is 5.60 Å². The number of nitrogens with zero attached hydrogens (tertiary/aromatic N) is 1. The highest BCUT2D eigenvalue weighted by atomic mass is 35.5. The Morgan fingerprint density at radius 2 is 1.82 bits per heavy atom. The van der Waals surface area contributed by atoms with Gasteiger partial charge >= 0.3 is 0 Å². The molecule has 0 aliphatic carbocycles. The van der Waals surface area contributed by atoms with Gasteiger partial charge in [-0.15, -0.1) is 0 Å². The fourth-order valence-corrected chi connectivity index (χ4v) is 1.81. The van der Waals surface area contributed by atoms with Crippen molar-refractivity contribution in [3.63, 3.8) is 0 Å². The lowest BCUT2D eigenvalue weighted by atomic mass is 9.92. The minimum Gasteiger partial charge on any atom is -0.389 e. The number of halogens is 1. The molecule has 17 heavy (non-hydrogen) atoms. The molecule has 2 nitrogen and oxygen atoms in total. The molecule has 1 aromatic carbocycles. The predicted molar refractivity (Wildman–Crippen MR) is 73.2 cm³/mol. The Balaban J connectivity index is 2.55. The van der Waals surface area contributed by atoms with Crippen molar-refractivity contribution in [2.75, 3.05) is 13.6 Å². The maximum absolute atomic E-state index is 10.2. The van der Waals surface area contributed by atoms with E-state index in [-0.39, 0.29) is 5.92 Å². The van der Waals surface area contributed by atoms with Crippen molar-refractivity contribution >= 4 is 11.6 Å². The molecule has 1 atom stereocenters. The van der Waals surface area contributed by atoms with Gasteiger partial charge in [-0.05, 0) is 37.6 Å². The number of benzene rings is 1. The standard InChI is InChI=1S/C14H22ClNO/c1-11(2)14(3,17)10-16(4)9-12-5-7-13(15)8-6-12/h5-8,11,17H,9-10H2,1-4H3. The first-order valence-electron chi connectivity index (χ1n) is 5.96. The number of hydrogen-bond acceptors (Lipinski definition) is 2. The summed E-state index contributed by atoms with van der Waals surface area (Å²) >= 11 is 5.84. The third-order valence-electron chi connectivity index (χ3n) is 3.20. The van der Waals surface area contributed by atoms with Crippen molar-refractivity contribution in [2.24, 2.45) is 5.92 Å². The molecule has 0 aliphatic heterocycles. The van der Waals surface area contributed by atoms with Crippen molar-refractivity contribution in [2.45, 2.75) is 32.9 Å². The lowest BCUT2D eigenvalue weighted by Crippen LogP contribution is -2.42. The van der Waals surface area contributed by atoms with E-state index in [1.165, 1.54) is 5.56 Å². The van der Waals surface area contributed by atoms with Crippen LogP contribution in [0.3, 0.4) is 0 Å². The third kappa shape index (κ3) is 4.66. The SMILES string of the molecule is CC(C)C(C)(O)CN(C)Cc1ccc(Cl)cc1. The van der Waals surface area contributed by atoms with Gasteiger partial charge in [0.15, 0.2) is 0 Å². The van der Waals surface area contributed by atoms with Gasteiger partial charge < -0.3 is 5.11 Å². The molecule has 0 saturated carbocycles. The molecular weight excluding hydrogens is 234 g/mol. The second-order valence-electron chi connectivity index (χ2n) is 5.31. The van der Waals surface area contributed by atoms with Gasteiger partial charge in [0.25, 0.3) is 0 Å². The van der Waals surface area contributed by atoms with Crippen LogP contribution in [0.15, 0.2) is 24.3 Å². The van der Waals surface area contributed by atoms with Crippen LogP contribution in [-0.2, 0) is 6.54 Å². The quantitative estimate of drug-likeness (QED) is 0.874. The van der Waals surface area contributed by atoms with E-state index in [1.54, 1.807) is 0 Å². The second kappa shape index (κ2) is 5.85. The summed E-state index contributed by atoms with van der Waals surface area (Å²) in [5.74, 6) is 0.246. The Labute approximate surface area is 109 Å². The average molecular weight is 256 g/mol. The van der Waals surface area contributed by atoms with Crippen LogP contribution in [-0.4, -0.2) is 29.2 Å². The van der Waals surface area contributed by atoms with E-state index in [1.807, 2.05) is 52.1 Å². The summed E-state index contributed by atoms with van der Waals surface area (Å²) in [5.41, 5.74) is 0.553. The van der Waals surface area contributed by atoms with Crippen LogP contribution in [0.2, 0.25) is 5.02 Å². The molecule has 96 valence electrons. The number of aliphatic hydroxyl groups is 1. The van der Waals surface area contributed by atoms with Crippen molar-refractivity contribution in [1.29, 1.82) is 0 Å². The smallest absolute Gasteiger partial charge is 0.0768 e. The predicted octanol–water partition coefficient (Wildman–Crippen LogP) is 3.18. The summed E-state index contributed by atoms with van der Waals surface area (Å²) in [4.78, 5) is 2.13. The number of rotatable bonds is 5. The van der Waals surface area contributed by atoms with Crippen LogP contribution >= 0.6 is 11.6 Å². The molecule has 0 bridgehead atoms. The first-order valence-corrected chi connectivity index (χ1v) is 6.34. The largest absolute Gasteiger partial charge is 0.389 e. The van der Waals surface area contributed by atoms with E-state index in [2.05, 4.69) is 4.90 Å². The van der Waals surface area contributed by atoms with E-state index < -0.39 is 5.60 Å². The summed E-state index contributed by atoms with van der Waals surface area (Å²) < 4.78 is 0. The summed E-state index contributed by atoms with van der Waals surface area (Å²) in [7, 11) is 2.02. The van der Waals surface area contributed by atoms with Crippen LogP contribution in [0.4, 0.5) is 0 Å². The molecule has 1 aromatic rings. The Morgan fingerprint density at radius 1 is 1.29 bits per heavy atom. The van der Waals surface area contributed by atoms with Gasteiger partial charge in [-0.2, -0.15) is 0 Å². The van der Waals surface area contributed by atoms with E-state index >= 15 is 0 Å². The van der Waals surface area contributed by atoms with Crippen molar-refractivity contribution in [3.8, 4) is 0 Å². The molecule has 0 radical (unpaired) electrons. The lowest BCUT2D eigenvalue weighted by molar-refractivity contribution is -0.0146. The number of likely N-dealkylation sites (N-methyl/N-ethyl adjacent to an activating group) is 1. The topological polar surface area (TPSA) is 23.5 Å². The van der Waals surface area contributed by atoms with Crippen molar-refractivity contribution in [3.05, 3.63) is 34.9 Å². The lowest BCUT2D eigenvalue weighted by Gasteiger charge is -2.32. The molecule has 0 saturated heterocycles. The summed E-state index contributed by atoms with van der Waals surface area (Å²) in [6.45, 7) is 7.44. The Kier molecular flexibility index (Phi) is 4.99. The molecule has 0 fully saturated rings. The van der Waals surface area contributed by atoms with Crippen LogP contribution < -0.4 is 0 Å². The van der Waals surface area contributed by atoms with E-state index in [0.717, 1.165) is 11.6 Å². The summed E-state index contributed by atoms with van der Waals surface area (Å²) in [5, 5.41) is 11.0. The second-order valence-corrected chi connectivity index (χ2v) is 5.75. The van der Waals surface area contributed by atoms with E-state index in [4.69, 9.17) is 11.6 Å². The highest BCUT2D eigenvalue weighted by Gasteiger charge is 2.26. The monoisotopic (exact) mass is 255 g/mol. The summed E-state index contributed by atoms with van der Waals surface area (Å²) in [6, 6.07) is 7.82. The van der Waals surface area contributed by atoms with Gasteiger partial charge in [-0.1, -0.05) is 37.6 Å².